The van der Waals surface area contributed by atoms with Gasteiger partial charge in [-0.15, -0.1) is 0 Å². The minimum Gasteiger partial charge on any atom is -0.0619 e. The fourth-order valence-corrected chi connectivity index (χ4v) is 4.90. The predicted molar refractivity (Wildman–Crippen MR) is 106 cm³/mol. The molecule has 3 aromatic rings. The van der Waals surface area contributed by atoms with E-state index in [-0.39, 0.29) is 5.41 Å². The topological polar surface area (TPSA) is 0 Å². The zero-order valence-corrected chi connectivity index (χ0v) is 15.1. The van der Waals surface area contributed by atoms with Gasteiger partial charge in [0.15, 0.2) is 0 Å². The van der Waals surface area contributed by atoms with Crippen LogP contribution in [0.1, 0.15) is 45.9 Å². The molecule has 2 aliphatic rings. The van der Waals surface area contributed by atoms with Crippen LogP contribution in [0, 0.1) is 13.8 Å². The Balaban J connectivity index is 1.90. The lowest BCUT2D eigenvalue weighted by atomic mass is 9.79. The molecule has 0 saturated heterocycles. The van der Waals surface area contributed by atoms with Gasteiger partial charge in [0, 0.05) is 5.41 Å². The number of fused-ring (bicyclic) bond motifs is 5. The van der Waals surface area contributed by atoms with E-state index in [1.165, 1.54) is 50.1 Å². The van der Waals surface area contributed by atoms with Crippen molar-refractivity contribution >= 4 is 11.1 Å². The van der Waals surface area contributed by atoms with Crippen LogP contribution < -0.4 is 0 Å². The van der Waals surface area contributed by atoms with Crippen molar-refractivity contribution in [3.8, 4) is 0 Å². The fourth-order valence-electron chi connectivity index (χ4n) is 4.90. The van der Waals surface area contributed by atoms with Crippen LogP contribution in [0.25, 0.3) is 11.1 Å². The van der Waals surface area contributed by atoms with Crippen LogP contribution in [0.4, 0.5) is 0 Å². The summed E-state index contributed by atoms with van der Waals surface area (Å²) < 4.78 is 0. The van der Waals surface area contributed by atoms with E-state index >= 15 is 0 Å². The smallest absolute Gasteiger partial charge is 0.0233 e. The van der Waals surface area contributed by atoms with Crippen LogP contribution in [0.2, 0.25) is 0 Å². The van der Waals surface area contributed by atoms with Gasteiger partial charge in [0.25, 0.3) is 0 Å². The highest BCUT2D eigenvalue weighted by molar-refractivity contribution is 6.09. The Morgan fingerprint density at radius 1 is 0.760 bits per heavy atom. The molecule has 0 spiro atoms. The molecule has 0 fully saturated rings. The molecule has 0 radical (unpaired) electrons. The number of allylic oxidation sites excluding steroid dienone is 1. The van der Waals surface area contributed by atoms with Gasteiger partial charge in [-0.2, -0.15) is 0 Å². The highest BCUT2D eigenvalue weighted by Gasteiger charge is 2.47. The summed E-state index contributed by atoms with van der Waals surface area (Å²) in [4.78, 5) is 0. The molecule has 5 rings (SSSR count). The third kappa shape index (κ3) is 1.94. The highest BCUT2D eigenvalue weighted by Crippen LogP contribution is 2.59. The molecule has 0 nitrogen and oxygen atoms in total. The fraction of sp³-hybridized carbons (Fsp3) is 0.200. The zero-order chi connectivity index (χ0) is 17.2. The lowest BCUT2D eigenvalue weighted by Gasteiger charge is -2.23. The maximum atomic E-state index is 2.43. The first-order valence-electron chi connectivity index (χ1n) is 9.09. The second kappa shape index (κ2) is 4.95. The number of hydrogen-bond donors (Lipinski definition) is 0. The Labute approximate surface area is 149 Å². The summed E-state index contributed by atoms with van der Waals surface area (Å²) in [5, 5.41) is 0. The molecule has 25 heavy (non-hydrogen) atoms. The molecule has 0 heteroatoms. The molecule has 0 unspecified atom stereocenters. The molecular weight excluding hydrogens is 300 g/mol. The summed E-state index contributed by atoms with van der Waals surface area (Å²) in [5.41, 5.74) is 12.9. The summed E-state index contributed by atoms with van der Waals surface area (Å²) in [5.74, 6) is 0. The van der Waals surface area contributed by atoms with Crippen molar-refractivity contribution in [1.29, 1.82) is 0 Å². The van der Waals surface area contributed by atoms with Crippen molar-refractivity contribution in [2.75, 3.05) is 0 Å². The van der Waals surface area contributed by atoms with Crippen molar-refractivity contribution in [3.05, 3.63) is 106 Å². The minimum atomic E-state index is 0.0891. The van der Waals surface area contributed by atoms with E-state index < -0.39 is 0 Å². The number of rotatable bonds is 1. The van der Waals surface area contributed by atoms with Gasteiger partial charge in [0.2, 0.25) is 0 Å². The average molecular weight is 322 g/mol. The Kier molecular flexibility index (Phi) is 2.92. The Hall–Kier alpha value is -2.60. The van der Waals surface area contributed by atoms with Gasteiger partial charge < -0.3 is 0 Å². The predicted octanol–water partition coefficient (Wildman–Crippen LogP) is 6.09. The standard InChI is InChI=1S/C25H22/c1-16-7-6-8-18(13-16)23-20-9-4-5-10-22(20)25(3)15-19-12-11-17(2)14-21(19)24(23)25/h4-14H,15H2,1-3H3/t25-/m1/s1. The van der Waals surface area contributed by atoms with Gasteiger partial charge in [-0.3, -0.25) is 0 Å². The van der Waals surface area contributed by atoms with Crippen LogP contribution >= 0.6 is 0 Å². The first-order chi connectivity index (χ1) is 12.1. The van der Waals surface area contributed by atoms with E-state index in [1.807, 2.05) is 0 Å². The molecule has 122 valence electrons. The van der Waals surface area contributed by atoms with Gasteiger partial charge in [0.1, 0.15) is 0 Å². The molecule has 0 saturated carbocycles. The molecule has 0 aromatic heterocycles. The van der Waals surface area contributed by atoms with E-state index in [9.17, 15) is 0 Å². The van der Waals surface area contributed by atoms with E-state index in [1.54, 1.807) is 0 Å². The summed E-state index contributed by atoms with van der Waals surface area (Å²) in [7, 11) is 0. The molecule has 0 N–H and O–H groups in total. The van der Waals surface area contributed by atoms with Crippen LogP contribution in [0.15, 0.2) is 66.7 Å². The van der Waals surface area contributed by atoms with Crippen LogP contribution in [-0.2, 0) is 11.8 Å². The van der Waals surface area contributed by atoms with Crippen molar-refractivity contribution in [2.24, 2.45) is 0 Å². The first-order valence-corrected chi connectivity index (χ1v) is 9.09. The summed E-state index contributed by atoms with van der Waals surface area (Å²) in [6.45, 7) is 6.81. The Morgan fingerprint density at radius 3 is 2.40 bits per heavy atom. The molecule has 0 amide bonds. The number of hydrogen-bond acceptors (Lipinski definition) is 0. The molecule has 0 aliphatic heterocycles. The van der Waals surface area contributed by atoms with E-state index in [0.29, 0.717) is 0 Å². The van der Waals surface area contributed by atoms with Gasteiger partial charge in [-0.05, 0) is 59.2 Å². The van der Waals surface area contributed by atoms with Crippen molar-refractivity contribution in [1.82, 2.24) is 0 Å². The molecule has 0 bridgehead atoms. The van der Waals surface area contributed by atoms with E-state index in [2.05, 4.69) is 87.5 Å². The van der Waals surface area contributed by atoms with E-state index in [0.717, 1.165) is 6.42 Å². The maximum absolute atomic E-state index is 2.43. The number of benzene rings is 3. The molecule has 0 heterocycles. The normalized spacial score (nSPS) is 20.4. The third-order valence-corrected chi connectivity index (χ3v) is 5.98. The van der Waals surface area contributed by atoms with Gasteiger partial charge in [-0.1, -0.05) is 84.8 Å². The van der Waals surface area contributed by atoms with E-state index in [4.69, 9.17) is 0 Å². The number of aryl methyl sites for hydroxylation is 2. The summed E-state index contributed by atoms with van der Waals surface area (Å²) in [6.07, 6.45) is 1.10. The maximum Gasteiger partial charge on any atom is 0.0233 e. The molecule has 3 aromatic carbocycles. The highest BCUT2D eigenvalue weighted by atomic mass is 14.5. The Morgan fingerprint density at radius 2 is 1.56 bits per heavy atom. The van der Waals surface area contributed by atoms with Gasteiger partial charge >= 0.3 is 0 Å². The molecular formula is C25H22. The van der Waals surface area contributed by atoms with Gasteiger partial charge in [-0.25, -0.2) is 0 Å². The zero-order valence-electron chi connectivity index (χ0n) is 15.1. The SMILES string of the molecule is Cc1cccc(C2=C3c4cc(C)ccc4C[C@]3(C)c3ccccc32)c1. The van der Waals surface area contributed by atoms with Gasteiger partial charge in [0.05, 0.1) is 0 Å². The van der Waals surface area contributed by atoms with Crippen molar-refractivity contribution in [3.63, 3.8) is 0 Å². The van der Waals surface area contributed by atoms with Crippen LogP contribution in [-0.4, -0.2) is 0 Å². The largest absolute Gasteiger partial charge is 0.0619 e. The summed E-state index contributed by atoms with van der Waals surface area (Å²) >= 11 is 0. The minimum absolute atomic E-state index is 0.0891. The summed E-state index contributed by atoms with van der Waals surface area (Å²) in [6, 6.07) is 24.9. The third-order valence-electron chi connectivity index (χ3n) is 5.98. The van der Waals surface area contributed by atoms with Crippen LogP contribution in [0.5, 0.6) is 0 Å². The Bertz CT molecular complexity index is 1050. The lowest BCUT2D eigenvalue weighted by Crippen LogP contribution is -2.18. The second-order valence-corrected chi connectivity index (χ2v) is 7.83. The molecule has 2 aliphatic carbocycles. The van der Waals surface area contributed by atoms with Crippen molar-refractivity contribution in [2.45, 2.75) is 32.6 Å². The van der Waals surface area contributed by atoms with Crippen LogP contribution in [0.3, 0.4) is 0 Å². The average Bonchev–Trinajstić information content (AvgIpc) is 3.02. The molecule has 1 atom stereocenters. The monoisotopic (exact) mass is 322 g/mol. The quantitative estimate of drug-likeness (QED) is 0.508. The lowest BCUT2D eigenvalue weighted by molar-refractivity contribution is 0.646. The second-order valence-electron chi connectivity index (χ2n) is 7.83. The van der Waals surface area contributed by atoms with Crippen molar-refractivity contribution < 1.29 is 0 Å². The first kappa shape index (κ1) is 14.7.